The lowest BCUT2D eigenvalue weighted by atomic mass is 9.74. The number of piperidine rings is 1. The fourth-order valence-corrected chi connectivity index (χ4v) is 2.58. The highest BCUT2D eigenvalue weighted by Crippen LogP contribution is 2.35. The topological polar surface area (TPSA) is 66.4 Å². The summed E-state index contributed by atoms with van der Waals surface area (Å²) in [5.74, 6) is -2.24. The summed E-state index contributed by atoms with van der Waals surface area (Å²) in [4.78, 5) is 22.7. The third-order valence-corrected chi connectivity index (χ3v) is 3.79. The van der Waals surface area contributed by atoms with E-state index in [1.165, 1.54) is 12.1 Å². The number of aliphatic carboxylic acids is 1. The van der Waals surface area contributed by atoms with E-state index in [2.05, 4.69) is 5.32 Å². The van der Waals surface area contributed by atoms with Crippen LogP contribution in [0, 0.1) is 17.7 Å². The third-order valence-electron chi connectivity index (χ3n) is 3.79. The van der Waals surface area contributed by atoms with Crippen molar-refractivity contribution in [1.29, 1.82) is 0 Å². The van der Waals surface area contributed by atoms with E-state index in [0.29, 0.717) is 6.54 Å². The number of carboxylic acids is 1. The number of halogens is 1. The first-order valence-electron chi connectivity index (χ1n) is 6.24. The van der Waals surface area contributed by atoms with Gasteiger partial charge in [0.25, 0.3) is 0 Å². The van der Waals surface area contributed by atoms with Gasteiger partial charge in [0.1, 0.15) is 5.82 Å². The highest BCUT2D eigenvalue weighted by Gasteiger charge is 2.36. The fourth-order valence-electron chi connectivity index (χ4n) is 2.58. The highest BCUT2D eigenvalue weighted by atomic mass is 19.1. The average Bonchev–Trinajstić information content (AvgIpc) is 2.38. The van der Waals surface area contributed by atoms with Gasteiger partial charge in [-0.15, -0.1) is 0 Å². The maximum atomic E-state index is 12.9. The number of hydrogen-bond donors (Lipinski definition) is 2. The molecule has 102 valence electrons. The van der Waals surface area contributed by atoms with Crippen molar-refractivity contribution in [2.24, 2.45) is 11.8 Å². The molecule has 0 bridgehead atoms. The molecular weight excluding hydrogens is 249 g/mol. The minimum atomic E-state index is -0.881. The van der Waals surface area contributed by atoms with Crippen LogP contribution in [0.4, 0.5) is 4.39 Å². The molecule has 1 aromatic carbocycles. The van der Waals surface area contributed by atoms with E-state index in [1.54, 1.807) is 19.1 Å². The van der Waals surface area contributed by atoms with Crippen molar-refractivity contribution in [1.82, 2.24) is 5.32 Å². The Morgan fingerprint density at radius 2 is 2.05 bits per heavy atom. The van der Waals surface area contributed by atoms with Crippen LogP contribution in [0.5, 0.6) is 0 Å². The van der Waals surface area contributed by atoms with E-state index in [9.17, 15) is 14.0 Å². The zero-order valence-corrected chi connectivity index (χ0v) is 10.6. The van der Waals surface area contributed by atoms with Crippen LogP contribution in [0.25, 0.3) is 0 Å². The molecule has 2 N–H and O–H groups in total. The molecule has 1 amide bonds. The Kier molecular flexibility index (Phi) is 3.83. The molecule has 3 unspecified atom stereocenters. The number of carbonyl (C=O) groups is 2. The Labute approximate surface area is 110 Å². The van der Waals surface area contributed by atoms with Crippen molar-refractivity contribution in [2.75, 3.05) is 6.54 Å². The first-order valence-corrected chi connectivity index (χ1v) is 6.24. The molecule has 0 saturated carbocycles. The average molecular weight is 265 g/mol. The van der Waals surface area contributed by atoms with Gasteiger partial charge in [-0.1, -0.05) is 19.1 Å². The standard InChI is InChI=1S/C14H16FNO3/c1-8(14(18)19)12-7-16-13(17)6-11(12)9-2-4-10(15)5-3-9/h2-5,8,11-12H,6-7H2,1H3,(H,16,17)(H,18,19). The third kappa shape index (κ3) is 2.92. The number of carboxylic acid groups (broad SMARTS) is 1. The van der Waals surface area contributed by atoms with Crippen molar-refractivity contribution < 1.29 is 19.1 Å². The molecule has 0 radical (unpaired) electrons. The molecule has 0 spiro atoms. The summed E-state index contributed by atoms with van der Waals surface area (Å²) in [5.41, 5.74) is 0.814. The molecule has 1 fully saturated rings. The summed E-state index contributed by atoms with van der Waals surface area (Å²) in [6.45, 7) is 1.98. The second-order valence-corrected chi connectivity index (χ2v) is 4.96. The lowest BCUT2D eigenvalue weighted by molar-refractivity contribution is -0.144. The van der Waals surface area contributed by atoms with Gasteiger partial charge in [-0.25, -0.2) is 4.39 Å². The maximum absolute atomic E-state index is 12.9. The lowest BCUT2D eigenvalue weighted by Gasteiger charge is -2.34. The highest BCUT2D eigenvalue weighted by molar-refractivity contribution is 5.79. The summed E-state index contributed by atoms with van der Waals surface area (Å²) < 4.78 is 12.9. The fraction of sp³-hybridized carbons (Fsp3) is 0.429. The van der Waals surface area contributed by atoms with Crippen LogP contribution < -0.4 is 5.32 Å². The van der Waals surface area contributed by atoms with Crippen LogP contribution in [0.1, 0.15) is 24.8 Å². The molecule has 19 heavy (non-hydrogen) atoms. The van der Waals surface area contributed by atoms with E-state index < -0.39 is 11.9 Å². The van der Waals surface area contributed by atoms with Crippen molar-refractivity contribution in [3.8, 4) is 0 Å². The minimum Gasteiger partial charge on any atom is -0.481 e. The van der Waals surface area contributed by atoms with E-state index in [4.69, 9.17) is 5.11 Å². The maximum Gasteiger partial charge on any atom is 0.306 e. The summed E-state index contributed by atoms with van der Waals surface area (Å²) in [5, 5.41) is 11.8. The Bertz CT molecular complexity index is 486. The van der Waals surface area contributed by atoms with Gasteiger partial charge >= 0.3 is 5.97 Å². The van der Waals surface area contributed by atoms with Gasteiger partial charge in [-0.05, 0) is 29.5 Å². The predicted molar refractivity (Wildman–Crippen MR) is 67.1 cm³/mol. The van der Waals surface area contributed by atoms with Crippen molar-refractivity contribution >= 4 is 11.9 Å². The quantitative estimate of drug-likeness (QED) is 0.875. The van der Waals surface area contributed by atoms with E-state index in [1.807, 2.05) is 0 Å². The first kappa shape index (κ1) is 13.5. The molecule has 3 atom stereocenters. The molecule has 5 heteroatoms. The zero-order valence-electron chi connectivity index (χ0n) is 10.6. The van der Waals surface area contributed by atoms with Gasteiger partial charge in [0.05, 0.1) is 5.92 Å². The molecular formula is C14H16FNO3. The van der Waals surface area contributed by atoms with Crippen molar-refractivity contribution in [3.05, 3.63) is 35.6 Å². The van der Waals surface area contributed by atoms with Gasteiger partial charge in [-0.3, -0.25) is 9.59 Å². The van der Waals surface area contributed by atoms with Gasteiger partial charge in [-0.2, -0.15) is 0 Å². The smallest absolute Gasteiger partial charge is 0.306 e. The number of benzene rings is 1. The molecule has 1 aliphatic rings. The number of rotatable bonds is 3. The molecule has 2 rings (SSSR count). The Balaban J connectivity index is 2.28. The van der Waals surface area contributed by atoms with Crippen LogP contribution in [0.2, 0.25) is 0 Å². The molecule has 0 aliphatic carbocycles. The first-order chi connectivity index (χ1) is 8.99. The minimum absolute atomic E-state index is 0.0943. The number of hydrogen-bond acceptors (Lipinski definition) is 2. The Morgan fingerprint density at radius 1 is 1.42 bits per heavy atom. The van der Waals surface area contributed by atoms with Crippen LogP contribution in [0.15, 0.2) is 24.3 Å². The molecule has 1 aliphatic heterocycles. The second-order valence-electron chi connectivity index (χ2n) is 4.96. The zero-order chi connectivity index (χ0) is 14.0. The molecule has 1 saturated heterocycles. The van der Waals surface area contributed by atoms with Gasteiger partial charge < -0.3 is 10.4 Å². The van der Waals surface area contributed by atoms with Crippen LogP contribution in [0.3, 0.4) is 0 Å². The largest absolute Gasteiger partial charge is 0.481 e. The van der Waals surface area contributed by atoms with Gasteiger partial charge in [0, 0.05) is 13.0 Å². The van der Waals surface area contributed by atoms with Crippen molar-refractivity contribution in [2.45, 2.75) is 19.3 Å². The van der Waals surface area contributed by atoms with Gasteiger partial charge in [0.2, 0.25) is 5.91 Å². The summed E-state index contributed by atoms with van der Waals surface area (Å²) in [7, 11) is 0. The van der Waals surface area contributed by atoms with E-state index in [-0.39, 0.29) is 30.0 Å². The van der Waals surface area contributed by atoms with Crippen molar-refractivity contribution in [3.63, 3.8) is 0 Å². The lowest BCUT2D eigenvalue weighted by Crippen LogP contribution is -2.44. The van der Waals surface area contributed by atoms with Crippen LogP contribution >= 0.6 is 0 Å². The molecule has 0 aromatic heterocycles. The summed E-state index contributed by atoms with van der Waals surface area (Å²) in [6, 6.07) is 5.93. The van der Waals surface area contributed by atoms with Gasteiger partial charge in [0.15, 0.2) is 0 Å². The number of amides is 1. The monoisotopic (exact) mass is 265 g/mol. The summed E-state index contributed by atoms with van der Waals surface area (Å²) >= 11 is 0. The molecule has 1 aromatic rings. The normalized spacial score (nSPS) is 24.6. The Morgan fingerprint density at radius 3 is 2.63 bits per heavy atom. The summed E-state index contributed by atoms with van der Waals surface area (Å²) in [6.07, 6.45) is 0.244. The second kappa shape index (κ2) is 5.38. The SMILES string of the molecule is CC(C(=O)O)C1CNC(=O)CC1c1ccc(F)cc1. The molecule has 4 nitrogen and oxygen atoms in total. The number of carbonyl (C=O) groups excluding carboxylic acids is 1. The van der Waals surface area contributed by atoms with E-state index in [0.717, 1.165) is 5.56 Å². The Hall–Kier alpha value is -1.91. The number of nitrogens with one attached hydrogen (secondary N) is 1. The van der Waals surface area contributed by atoms with E-state index >= 15 is 0 Å². The predicted octanol–water partition coefficient (Wildman–Crippen LogP) is 1.77. The van der Waals surface area contributed by atoms with Crippen LogP contribution in [-0.2, 0) is 9.59 Å². The molecule has 1 heterocycles. The van der Waals surface area contributed by atoms with Crippen LogP contribution in [-0.4, -0.2) is 23.5 Å².